The summed E-state index contributed by atoms with van der Waals surface area (Å²) in [5, 5.41) is 15.7. The van der Waals surface area contributed by atoms with Crippen molar-refractivity contribution >= 4 is 11.9 Å². The molecule has 0 aromatic carbocycles. The van der Waals surface area contributed by atoms with Gasteiger partial charge in [0.1, 0.15) is 0 Å². The van der Waals surface area contributed by atoms with Crippen LogP contribution in [-0.2, 0) is 6.54 Å². The summed E-state index contributed by atoms with van der Waals surface area (Å²) in [5.41, 5.74) is 5.54. The summed E-state index contributed by atoms with van der Waals surface area (Å²) in [4.78, 5) is 3.98. The Kier molecular flexibility index (Phi) is 3.07. The fraction of sp³-hybridized carbons (Fsp3) is 0.714. The largest absolute Gasteiger partial charge is 0.394 e. The predicted octanol–water partition coefficient (Wildman–Crippen LogP) is -0.327. The second kappa shape index (κ2) is 4.08. The molecule has 4 N–H and O–H groups in total. The molecule has 1 rings (SSSR count). The molecular weight excluding hydrogens is 170 g/mol. The maximum absolute atomic E-state index is 8.67. The molecule has 1 heterocycles. The molecule has 0 spiro atoms. The summed E-state index contributed by atoms with van der Waals surface area (Å²) in [6, 6.07) is 0.268. The first-order chi connectivity index (χ1) is 6.13. The van der Waals surface area contributed by atoms with Crippen LogP contribution in [0, 0.1) is 0 Å². The maximum Gasteiger partial charge on any atom is 0.244 e. The van der Waals surface area contributed by atoms with E-state index in [1.807, 2.05) is 13.8 Å². The summed E-state index contributed by atoms with van der Waals surface area (Å²) in [5.74, 6) is 0.818. The van der Waals surface area contributed by atoms with E-state index in [1.54, 1.807) is 0 Å². The molecule has 0 saturated heterocycles. The maximum atomic E-state index is 8.67. The zero-order valence-corrected chi connectivity index (χ0v) is 7.86. The van der Waals surface area contributed by atoms with Crippen LogP contribution < -0.4 is 11.1 Å². The monoisotopic (exact) mass is 185 g/mol. The number of nitrogens with zero attached hydrogens (tertiary/aromatic N) is 3. The second-order valence-corrected chi connectivity index (χ2v) is 3.04. The van der Waals surface area contributed by atoms with Gasteiger partial charge in [-0.15, -0.1) is 5.10 Å². The second-order valence-electron chi connectivity index (χ2n) is 3.04. The molecule has 0 unspecified atom stereocenters. The summed E-state index contributed by atoms with van der Waals surface area (Å²) >= 11 is 0. The summed E-state index contributed by atoms with van der Waals surface area (Å²) in [7, 11) is 0. The van der Waals surface area contributed by atoms with Crippen molar-refractivity contribution < 1.29 is 5.11 Å². The molecule has 0 saturated carbocycles. The lowest BCUT2D eigenvalue weighted by molar-refractivity contribution is 0.270. The normalized spacial score (nSPS) is 10.8. The first-order valence-corrected chi connectivity index (χ1v) is 4.21. The Hall–Kier alpha value is -1.30. The van der Waals surface area contributed by atoms with Crippen LogP contribution in [0.4, 0.5) is 11.9 Å². The van der Waals surface area contributed by atoms with Crippen LogP contribution in [0.1, 0.15) is 13.8 Å². The molecule has 1 aromatic rings. The van der Waals surface area contributed by atoms with Gasteiger partial charge in [-0.25, -0.2) is 4.68 Å². The highest BCUT2D eigenvalue weighted by Crippen LogP contribution is 2.05. The van der Waals surface area contributed by atoms with Crippen molar-refractivity contribution in [3.63, 3.8) is 0 Å². The third-order valence-corrected chi connectivity index (χ3v) is 1.43. The first kappa shape index (κ1) is 9.79. The smallest absolute Gasteiger partial charge is 0.244 e. The number of anilines is 2. The van der Waals surface area contributed by atoms with Crippen molar-refractivity contribution in [1.29, 1.82) is 0 Å². The van der Waals surface area contributed by atoms with Gasteiger partial charge in [-0.3, -0.25) is 0 Å². The third-order valence-electron chi connectivity index (χ3n) is 1.43. The fourth-order valence-electron chi connectivity index (χ4n) is 0.933. The Balaban J connectivity index is 2.70. The number of hydrogen-bond acceptors (Lipinski definition) is 5. The fourth-order valence-corrected chi connectivity index (χ4v) is 0.933. The zero-order valence-electron chi connectivity index (χ0n) is 7.86. The quantitative estimate of drug-likeness (QED) is 0.598. The minimum Gasteiger partial charge on any atom is -0.394 e. The molecule has 0 aliphatic carbocycles. The van der Waals surface area contributed by atoms with E-state index in [0.717, 1.165) is 0 Å². The SMILES string of the molecule is CC(C)Nc1nc(N)n(CCO)n1. The summed E-state index contributed by atoms with van der Waals surface area (Å²) < 4.78 is 1.46. The van der Waals surface area contributed by atoms with Gasteiger partial charge in [0.2, 0.25) is 11.9 Å². The number of nitrogens with one attached hydrogen (secondary N) is 1. The first-order valence-electron chi connectivity index (χ1n) is 4.21. The van der Waals surface area contributed by atoms with E-state index >= 15 is 0 Å². The molecular formula is C7H15N5O. The average Bonchev–Trinajstić information content (AvgIpc) is 2.31. The van der Waals surface area contributed by atoms with Gasteiger partial charge in [-0.05, 0) is 13.8 Å². The van der Waals surface area contributed by atoms with Crippen LogP contribution in [0.15, 0.2) is 0 Å². The van der Waals surface area contributed by atoms with Gasteiger partial charge in [0.05, 0.1) is 13.2 Å². The highest BCUT2D eigenvalue weighted by Gasteiger charge is 2.06. The lowest BCUT2D eigenvalue weighted by Gasteiger charge is -2.03. The van der Waals surface area contributed by atoms with Crippen LogP contribution >= 0.6 is 0 Å². The molecule has 74 valence electrons. The van der Waals surface area contributed by atoms with Gasteiger partial charge < -0.3 is 16.2 Å². The van der Waals surface area contributed by atoms with Crippen molar-refractivity contribution in [2.45, 2.75) is 26.4 Å². The average molecular weight is 185 g/mol. The van der Waals surface area contributed by atoms with Crippen molar-refractivity contribution in [3.05, 3.63) is 0 Å². The number of aliphatic hydroxyl groups is 1. The van der Waals surface area contributed by atoms with Crippen molar-refractivity contribution in [3.8, 4) is 0 Å². The van der Waals surface area contributed by atoms with E-state index in [1.165, 1.54) is 4.68 Å². The topological polar surface area (TPSA) is 89.0 Å². The Bertz CT molecular complexity index is 270. The van der Waals surface area contributed by atoms with Crippen LogP contribution in [0.3, 0.4) is 0 Å². The highest BCUT2D eigenvalue weighted by molar-refractivity contribution is 5.31. The van der Waals surface area contributed by atoms with Gasteiger partial charge in [0.25, 0.3) is 0 Å². The molecule has 13 heavy (non-hydrogen) atoms. The van der Waals surface area contributed by atoms with Gasteiger partial charge in [0, 0.05) is 6.04 Å². The van der Waals surface area contributed by atoms with Gasteiger partial charge in [0.15, 0.2) is 0 Å². The Labute approximate surface area is 76.8 Å². The van der Waals surface area contributed by atoms with Crippen molar-refractivity contribution in [2.75, 3.05) is 17.7 Å². The van der Waals surface area contributed by atoms with Crippen LogP contribution in [0.2, 0.25) is 0 Å². The van der Waals surface area contributed by atoms with Gasteiger partial charge >= 0.3 is 0 Å². The van der Waals surface area contributed by atoms with Gasteiger partial charge in [-0.1, -0.05) is 0 Å². The van der Waals surface area contributed by atoms with E-state index in [0.29, 0.717) is 18.4 Å². The lowest BCUT2D eigenvalue weighted by atomic mass is 10.4. The van der Waals surface area contributed by atoms with Crippen molar-refractivity contribution in [1.82, 2.24) is 14.8 Å². The Morgan fingerprint density at radius 1 is 1.62 bits per heavy atom. The molecule has 0 aliphatic heterocycles. The number of nitrogens with two attached hydrogens (primary N) is 1. The highest BCUT2D eigenvalue weighted by atomic mass is 16.3. The van der Waals surface area contributed by atoms with E-state index in [-0.39, 0.29) is 12.6 Å². The lowest BCUT2D eigenvalue weighted by Crippen LogP contribution is -2.12. The minimum absolute atomic E-state index is 0.00861. The van der Waals surface area contributed by atoms with Crippen molar-refractivity contribution in [2.24, 2.45) is 0 Å². The summed E-state index contributed by atoms with van der Waals surface area (Å²) in [6.07, 6.45) is 0. The Morgan fingerprint density at radius 2 is 2.31 bits per heavy atom. The standard InChI is InChI=1S/C7H15N5O/c1-5(2)9-7-10-6(8)12(11-7)3-4-13/h5,13H,3-4H2,1-2H3,(H3,8,9,10,11). The minimum atomic E-state index is 0.00861. The number of aliphatic hydroxyl groups excluding tert-OH is 1. The predicted molar refractivity (Wildman–Crippen MR) is 50.3 cm³/mol. The van der Waals surface area contributed by atoms with Crippen LogP contribution in [-0.4, -0.2) is 32.5 Å². The third kappa shape index (κ3) is 2.59. The molecule has 0 fully saturated rings. The molecule has 0 atom stereocenters. The molecule has 6 heteroatoms. The van der Waals surface area contributed by atoms with Crippen LogP contribution in [0.25, 0.3) is 0 Å². The number of rotatable bonds is 4. The van der Waals surface area contributed by atoms with E-state index in [9.17, 15) is 0 Å². The van der Waals surface area contributed by atoms with E-state index < -0.39 is 0 Å². The number of aromatic nitrogens is 3. The number of hydrogen-bond donors (Lipinski definition) is 3. The summed E-state index contributed by atoms with van der Waals surface area (Å²) in [6.45, 7) is 4.36. The molecule has 0 radical (unpaired) electrons. The molecule has 6 nitrogen and oxygen atoms in total. The molecule has 0 amide bonds. The number of nitrogen functional groups attached to an aromatic ring is 1. The van der Waals surface area contributed by atoms with Gasteiger partial charge in [-0.2, -0.15) is 4.98 Å². The Morgan fingerprint density at radius 3 is 2.85 bits per heavy atom. The van der Waals surface area contributed by atoms with E-state index in [2.05, 4.69) is 15.4 Å². The molecule has 1 aromatic heterocycles. The van der Waals surface area contributed by atoms with E-state index in [4.69, 9.17) is 10.8 Å². The zero-order chi connectivity index (χ0) is 9.84. The molecule has 0 bridgehead atoms. The molecule has 0 aliphatic rings. The van der Waals surface area contributed by atoms with Crippen LogP contribution in [0.5, 0.6) is 0 Å².